The van der Waals surface area contributed by atoms with Gasteiger partial charge in [-0.15, -0.1) is 0 Å². The topological polar surface area (TPSA) is 68.2 Å². The van der Waals surface area contributed by atoms with Crippen LogP contribution >= 0.6 is 0 Å². The maximum Gasteiger partial charge on any atom is 0.338 e. The third kappa shape index (κ3) is 26.8. The van der Waals surface area contributed by atoms with E-state index < -0.39 is 0 Å². The van der Waals surface area contributed by atoms with E-state index in [9.17, 15) is 9.18 Å². The zero-order chi connectivity index (χ0) is 68.5. The van der Waals surface area contributed by atoms with Crippen molar-refractivity contribution in [2.45, 2.75) is 171 Å². The molecule has 8 aromatic carbocycles. The summed E-state index contributed by atoms with van der Waals surface area (Å²) in [7, 11) is 6.57. The lowest BCUT2D eigenvalue weighted by Gasteiger charge is -2.19. The molecular formula is C84H110FNO6. The summed E-state index contributed by atoms with van der Waals surface area (Å²) >= 11 is 0. The molecule has 0 amide bonds. The summed E-state index contributed by atoms with van der Waals surface area (Å²) in [5, 5.41) is 0. The average molecular weight is 1250 g/mol. The van der Waals surface area contributed by atoms with E-state index in [0.717, 1.165) is 11.3 Å². The molecule has 494 valence electrons. The first kappa shape index (κ1) is 77.9. The number of para-hydroxylation sites is 1. The second kappa shape index (κ2) is 40.5. The number of carbonyl (C=O) groups excluding carboxylic acids is 1. The number of hydrogen-bond donors (Lipinski definition) is 0. The molecule has 0 radical (unpaired) electrons. The highest BCUT2D eigenvalue weighted by Crippen LogP contribution is 2.40. The van der Waals surface area contributed by atoms with Gasteiger partial charge >= 0.3 is 5.97 Å². The van der Waals surface area contributed by atoms with Gasteiger partial charge in [0.2, 0.25) is 5.75 Å². The molecule has 0 aliphatic carbocycles. The van der Waals surface area contributed by atoms with Gasteiger partial charge in [0.25, 0.3) is 0 Å². The second-order valence-electron chi connectivity index (χ2n) is 25.7. The Morgan fingerprint density at radius 1 is 0.402 bits per heavy atom. The van der Waals surface area contributed by atoms with Crippen LogP contribution < -0.4 is 18.9 Å². The Morgan fingerprint density at radius 3 is 1.22 bits per heavy atom. The summed E-state index contributed by atoms with van der Waals surface area (Å²) in [5.41, 5.74) is 15.1. The lowest BCUT2D eigenvalue weighted by atomic mass is 9.86. The van der Waals surface area contributed by atoms with Gasteiger partial charge < -0.3 is 28.3 Å². The smallest absolute Gasteiger partial charge is 0.338 e. The third-order valence-corrected chi connectivity index (χ3v) is 15.3. The molecule has 7 nitrogen and oxygen atoms in total. The van der Waals surface area contributed by atoms with Crippen LogP contribution in [-0.2, 0) is 10.2 Å². The predicted octanol–water partition coefficient (Wildman–Crippen LogP) is 23.8. The van der Waals surface area contributed by atoms with Crippen molar-refractivity contribution < 1.29 is 32.9 Å². The Hall–Kier alpha value is -8.36. The minimum absolute atomic E-state index is 0.163. The van der Waals surface area contributed by atoms with Crippen molar-refractivity contribution in [1.82, 2.24) is 4.57 Å². The molecule has 0 atom stereocenters. The summed E-state index contributed by atoms with van der Waals surface area (Å²) in [6.07, 6.45) is 4.12. The van der Waals surface area contributed by atoms with E-state index in [2.05, 4.69) is 238 Å². The Kier molecular flexibility index (Phi) is 34.3. The van der Waals surface area contributed by atoms with Crippen LogP contribution in [0.1, 0.15) is 221 Å². The van der Waals surface area contributed by atoms with Crippen LogP contribution in [-0.4, -0.2) is 45.6 Å². The van der Waals surface area contributed by atoms with E-state index in [1.165, 1.54) is 67.9 Å². The number of nitrogens with zero attached hydrogens (tertiary/aromatic N) is 1. The number of ether oxygens (including phenoxy) is 5. The normalized spacial score (nSPS) is 10.7. The minimum atomic E-state index is -0.241. The zero-order valence-electron chi connectivity index (χ0n) is 59.7. The number of hydrogen-bond acceptors (Lipinski definition) is 6. The monoisotopic (exact) mass is 1250 g/mol. The van der Waals surface area contributed by atoms with Crippen molar-refractivity contribution in [2.75, 3.05) is 35.0 Å². The minimum Gasteiger partial charge on any atom is -0.496 e. The molecule has 0 aliphatic heterocycles. The van der Waals surface area contributed by atoms with Crippen molar-refractivity contribution in [3.05, 3.63) is 268 Å². The number of carbonyl (C=O) groups is 1. The molecular weight excluding hydrogens is 1140 g/mol. The van der Waals surface area contributed by atoms with Gasteiger partial charge in [0, 0.05) is 18.1 Å². The highest BCUT2D eigenvalue weighted by atomic mass is 19.1. The fourth-order valence-electron chi connectivity index (χ4n) is 9.26. The fourth-order valence-corrected chi connectivity index (χ4v) is 9.26. The van der Waals surface area contributed by atoms with Gasteiger partial charge in [-0.3, -0.25) is 0 Å². The van der Waals surface area contributed by atoms with Gasteiger partial charge in [-0.1, -0.05) is 251 Å². The Labute approximate surface area is 555 Å². The maximum atomic E-state index is 12.4. The highest BCUT2D eigenvalue weighted by Gasteiger charge is 2.16. The third-order valence-electron chi connectivity index (χ3n) is 15.3. The number of aromatic nitrogens is 1. The number of rotatable bonds is 15. The van der Waals surface area contributed by atoms with Gasteiger partial charge in [0.1, 0.15) is 11.6 Å². The Bertz CT molecular complexity index is 3400. The summed E-state index contributed by atoms with van der Waals surface area (Å²) in [6.45, 7) is 39.3. The summed E-state index contributed by atoms with van der Waals surface area (Å²) < 4.78 is 40.4. The first-order chi connectivity index (χ1) is 43.7. The van der Waals surface area contributed by atoms with Crippen LogP contribution in [0.5, 0.6) is 23.0 Å². The van der Waals surface area contributed by atoms with E-state index in [0.29, 0.717) is 70.8 Å². The van der Waals surface area contributed by atoms with Gasteiger partial charge in [-0.2, -0.15) is 0 Å². The molecule has 0 saturated carbocycles. The number of methoxy groups -OCH3 is 4. The molecule has 1 heterocycles. The van der Waals surface area contributed by atoms with E-state index in [1.807, 2.05) is 85.8 Å². The highest BCUT2D eigenvalue weighted by molar-refractivity contribution is 5.89. The summed E-state index contributed by atoms with van der Waals surface area (Å²) in [5.74, 6) is 6.37. The number of halogens is 1. The number of benzene rings is 8. The molecule has 9 rings (SSSR count). The van der Waals surface area contributed by atoms with E-state index in [1.54, 1.807) is 34.5 Å². The van der Waals surface area contributed by atoms with Crippen LogP contribution in [0, 0.1) is 5.82 Å². The first-order valence-electron chi connectivity index (χ1n) is 32.6. The molecule has 0 bridgehead atoms. The van der Waals surface area contributed by atoms with Crippen molar-refractivity contribution in [3.63, 3.8) is 0 Å². The SMILES string of the molecule is CC(C)c1ccc(-c2ccccc2)cc1.CC(C)c1ccc(-n2cccc2)cc1.CC(C)c1ccc(C(C)(C)C)cc1.CC(C)c1ccc(F)cc1.CCOC(=O)c1cccc(C(C)C)c1.COc1cc(C(C)C)cc(OC)c1OC.COc1ccccc1C(C)C. The average Bonchev–Trinajstić information content (AvgIpc) is 1.81. The molecule has 0 N–H and O–H groups in total. The van der Waals surface area contributed by atoms with Gasteiger partial charge in [0.05, 0.1) is 40.6 Å². The van der Waals surface area contributed by atoms with Gasteiger partial charge in [-0.25, -0.2) is 9.18 Å². The van der Waals surface area contributed by atoms with Gasteiger partial charge in [0.15, 0.2) is 11.5 Å². The van der Waals surface area contributed by atoms with Crippen molar-refractivity contribution in [1.29, 1.82) is 0 Å². The predicted molar refractivity (Wildman–Crippen MR) is 389 cm³/mol. The van der Waals surface area contributed by atoms with Crippen LogP contribution in [0.25, 0.3) is 16.8 Å². The van der Waals surface area contributed by atoms with Crippen LogP contribution in [0.2, 0.25) is 0 Å². The molecule has 1 aromatic heterocycles. The van der Waals surface area contributed by atoms with E-state index >= 15 is 0 Å². The lowest BCUT2D eigenvalue weighted by Crippen LogP contribution is -2.10. The largest absolute Gasteiger partial charge is 0.496 e. The second-order valence-corrected chi connectivity index (χ2v) is 25.7. The molecule has 9 aromatic rings. The van der Waals surface area contributed by atoms with E-state index in [4.69, 9.17) is 23.7 Å². The standard InChI is InChI=1S/C15H16.C13H15N.C13H20.C12H18O3.C12H16O2.C10H14O.C9H11F/c1-12(2)13-8-10-15(11-9-13)14-6-4-3-5-7-14;1-11(2)12-5-7-13(8-6-12)14-9-3-4-10-14;1-10(2)11-6-8-12(9-7-11)13(3,4)5;1-8(2)9-6-10(13-3)12(15-5)11(7-9)14-4;1-4-14-12(13)11-7-5-6-10(8-11)9(2)3;1-8(2)9-6-4-5-7-10(9)11-3;1-7(2)8-3-5-9(10)6-4-8/h3-12H,1-2H3;3-11H,1-2H3;6-10H,1-5H3;6-8H,1-5H3;5-9H,4H2,1-3H3;4-8H,1-3H3;3-7H,1-2H3. The molecule has 8 heteroatoms. The first-order valence-corrected chi connectivity index (χ1v) is 32.6. The van der Waals surface area contributed by atoms with Crippen LogP contribution in [0.15, 0.2) is 213 Å². The Morgan fingerprint density at radius 2 is 0.815 bits per heavy atom. The molecule has 0 aliphatic rings. The maximum absolute atomic E-state index is 12.4. The lowest BCUT2D eigenvalue weighted by molar-refractivity contribution is 0.0526. The molecule has 0 fully saturated rings. The quantitative estimate of drug-likeness (QED) is 0.0953. The Balaban J connectivity index is 0.000000281. The summed E-state index contributed by atoms with van der Waals surface area (Å²) in [4.78, 5) is 11.4. The summed E-state index contributed by atoms with van der Waals surface area (Å²) in [6, 6.07) is 67.4. The molecule has 0 unspecified atom stereocenters. The zero-order valence-corrected chi connectivity index (χ0v) is 59.7. The van der Waals surface area contributed by atoms with Gasteiger partial charge in [-0.05, 0) is 176 Å². The number of esters is 1. The van der Waals surface area contributed by atoms with E-state index in [-0.39, 0.29) is 17.2 Å². The molecule has 92 heavy (non-hydrogen) atoms. The van der Waals surface area contributed by atoms with Crippen LogP contribution in [0.3, 0.4) is 0 Å². The van der Waals surface area contributed by atoms with Crippen molar-refractivity contribution in [2.24, 2.45) is 0 Å². The van der Waals surface area contributed by atoms with Crippen molar-refractivity contribution in [3.8, 4) is 39.8 Å². The van der Waals surface area contributed by atoms with Crippen molar-refractivity contribution >= 4 is 5.97 Å². The molecule has 0 saturated heterocycles. The fraction of sp³-hybridized carbons (Fsp3) is 0.369. The van der Waals surface area contributed by atoms with Crippen LogP contribution in [0.4, 0.5) is 4.39 Å². The molecule has 0 spiro atoms.